The molecule has 0 spiro atoms. The van der Waals surface area contributed by atoms with Gasteiger partial charge >= 0.3 is 0 Å². The Kier molecular flexibility index (Phi) is 4.99. The van der Waals surface area contributed by atoms with Crippen LogP contribution in [0, 0.1) is 0 Å². The smallest absolute Gasteiger partial charge is 0.184 e. The maximum absolute atomic E-state index is 6.46. The van der Waals surface area contributed by atoms with Gasteiger partial charge in [-0.2, -0.15) is 0 Å². The SMILES string of the molecule is NCc1c(-c2ccc(Cl)cc2Cl)cn2cnnc2c1NCc1ccccc1. The van der Waals surface area contributed by atoms with Gasteiger partial charge in [-0.3, -0.25) is 4.40 Å². The minimum absolute atomic E-state index is 0.328. The average molecular weight is 398 g/mol. The third-order valence-electron chi connectivity index (χ3n) is 4.43. The van der Waals surface area contributed by atoms with E-state index in [9.17, 15) is 0 Å². The Morgan fingerprint density at radius 1 is 1.04 bits per heavy atom. The van der Waals surface area contributed by atoms with Crippen molar-refractivity contribution in [1.29, 1.82) is 0 Å². The molecule has 0 aliphatic carbocycles. The molecule has 2 aromatic heterocycles. The summed E-state index contributed by atoms with van der Waals surface area (Å²) >= 11 is 12.5. The van der Waals surface area contributed by atoms with Crippen molar-refractivity contribution in [2.24, 2.45) is 5.73 Å². The summed E-state index contributed by atoms with van der Waals surface area (Å²) in [5.41, 5.74) is 11.6. The molecule has 5 nitrogen and oxygen atoms in total. The predicted molar refractivity (Wildman–Crippen MR) is 110 cm³/mol. The van der Waals surface area contributed by atoms with Crippen LogP contribution in [0.2, 0.25) is 10.0 Å². The van der Waals surface area contributed by atoms with Crippen LogP contribution < -0.4 is 11.1 Å². The second-order valence-corrected chi connectivity index (χ2v) is 6.97. The molecular weight excluding hydrogens is 381 g/mol. The zero-order valence-electron chi connectivity index (χ0n) is 14.4. The number of halogens is 2. The number of hydrogen-bond donors (Lipinski definition) is 2. The van der Waals surface area contributed by atoms with E-state index in [1.54, 1.807) is 12.4 Å². The molecule has 27 heavy (non-hydrogen) atoms. The van der Waals surface area contributed by atoms with E-state index >= 15 is 0 Å². The standard InChI is InChI=1S/C20H17Cl2N5/c21-14-6-7-15(18(22)8-14)17-11-27-12-25-26-20(27)19(16(17)9-23)24-10-13-4-2-1-3-5-13/h1-8,11-12,24H,9-10,23H2. The van der Waals surface area contributed by atoms with Gasteiger partial charge < -0.3 is 11.1 Å². The first-order chi connectivity index (χ1) is 13.2. The number of nitrogens with two attached hydrogens (primary N) is 1. The summed E-state index contributed by atoms with van der Waals surface area (Å²) in [6.07, 6.45) is 3.61. The largest absolute Gasteiger partial charge is 0.378 e. The Morgan fingerprint density at radius 3 is 2.59 bits per heavy atom. The number of rotatable bonds is 5. The Labute approximate surface area is 166 Å². The Morgan fingerprint density at radius 2 is 1.85 bits per heavy atom. The van der Waals surface area contributed by atoms with Crippen molar-refractivity contribution >= 4 is 34.5 Å². The predicted octanol–water partition coefficient (Wildman–Crippen LogP) is 4.77. The van der Waals surface area contributed by atoms with Crippen molar-refractivity contribution in [1.82, 2.24) is 14.6 Å². The van der Waals surface area contributed by atoms with Gasteiger partial charge in [0.1, 0.15) is 6.33 Å². The molecule has 0 aliphatic rings. The van der Waals surface area contributed by atoms with Gasteiger partial charge in [0.2, 0.25) is 0 Å². The van der Waals surface area contributed by atoms with Crippen molar-refractivity contribution in [3.05, 3.63) is 82.2 Å². The fourth-order valence-electron chi connectivity index (χ4n) is 3.13. The lowest BCUT2D eigenvalue weighted by molar-refractivity contribution is 1.03. The van der Waals surface area contributed by atoms with Crippen LogP contribution in [0.25, 0.3) is 16.8 Å². The Hall–Kier alpha value is -2.60. The van der Waals surface area contributed by atoms with Crippen LogP contribution in [0.5, 0.6) is 0 Å². The van der Waals surface area contributed by atoms with Crippen molar-refractivity contribution in [3.63, 3.8) is 0 Å². The van der Waals surface area contributed by atoms with Crippen molar-refractivity contribution in [2.45, 2.75) is 13.1 Å². The van der Waals surface area contributed by atoms with Crippen molar-refractivity contribution < 1.29 is 0 Å². The number of anilines is 1. The molecule has 0 bridgehead atoms. The van der Waals surface area contributed by atoms with Gasteiger partial charge in [-0.25, -0.2) is 0 Å². The number of pyridine rings is 1. The molecule has 136 valence electrons. The van der Waals surface area contributed by atoms with E-state index in [0.717, 1.165) is 33.6 Å². The zero-order valence-corrected chi connectivity index (χ0v) is 15.9. The molecular formula is C20H17Cl2N5. The highest BCUT2D eigenvalue weighted by Gasteiger charge is 2.17. The molecule has 3 N–H and O–H groups in total. The molecule has 0 amide bonds. The molecule has 4 aromatic rings. The van der Waals surface area contributed by atoms with Crippen LogP contribution in [0.15, 0.2) is 61.1 Å². The Balaban J connectivity index is 1.85. The lowest BCUT2D eigenvalue weighted by atomic mass is 10.00. The van der Waals surface area contributed by atoms with Crippen LogP contribution in [0.1, 0.15) is 11.1 Å². The molecule has 4 rings (SSSR count). The fourth-order valence-corrected chi connectivity index (χ4v) is 3.64. The molecule has 2 aromatic carbocycles. The number of aromatic nitrogens is 3. The van der Waals surface area contributed by atoms with E-state index < -0.39 is 0 Å². The van der Waals surface area contributed by atoms with Gasteiger partial charge in [0.15, 0.2) is 5.65 Å². The summed E-state index contributed by atoms with van der Waals surface area (Å²) in [6.45, 7) is 0.975. The van der Waals surface area contributed by atoms with Crippen molar-refractivity contribution in [2.75, 3.05) is 5.32 Å². The molecule has 0 saturated heterocycles. The average Bonchev–Trinajstić information content (AvgIpc) is 3.14. The zero-order chi connectivity index (χ0) is 18.8. The minimum Gasteiger partial charge on any atom is -0.378 e. The third kappa shape index (κ3) is 3.49. The number of hydrogen-bond acceptors (Lipinski definition) is 4. The maximum Gasteiger partial charge on any atom is 0.184 e. The lowest BCUT2D eigenvalue weighted by Crippen LogP contribution is -2.10. The summed E-state index contributed by atoms with van der Waals surface area (Å²) in [7, 11) is 0. The van der Waals surface area contributed by atoms with Crippen LogP contribution in [-0.4, -0.2) is 14.6 Å². The van der Waals surface area contributed by atoms with Gasteiger partial charge in [-0.05, 0) is 17.7 Å². The highest BCUT2D eigenvalue weighted by Crippen LogP contribution is 2.36. The summed E-state index contributed by atoms with van der Waals surface area (Å²) in [4.78, 5) is 0. The summed E-state index contributed by atoms with van der Waals surface area (Å²) < 4.78 is 1.87. The Bertz CT molecular complexity index is 1090. The molecule has 0 radical (unpaired) electrons. The first-order valence-corrected chi connectivity index (χ1v) is 9.21. The number of nitrogens with zero attached hydrogens (tertiary/aromatic N) is 3. The molecule has 2 heterocycles. The lowest BCUT2D eigenvalue weighted by Gasteiger charge is -2.17. The minimum atomic E-state index is 0.328. The van der Waals surface area contributed by atoms with Crippen LogP contribution >= 0.6 is 23.2 Å². The number of fused-ring (bicyclic) bond motifs is 1. The molecule has 0 aliphatic heterocycles. The first-order valence-electron chi connectivity index (χ1n) is 8.46. The quantitative estimate of drug-likeness (QED) is 0.508. The molecule has 0 atom stereocenters. The first kappa shape index (κ1) is 17.8. The van der Waals surface area contributed by atoms with E-state index in [0.29, 0.717) is 23.1 Å². The van der Waals surface area contributed by atoms with Crippen molar-refractivity contribution in [3.8, 4) is 11.1 Å². The summed E-state index contributed by atoms with van der Waals surface area (Å²) in [5, 5.41) is 12.9. The molecule has 7 heteroatoms. The van der Waals surface area contributed by atoms with Gasteiger partial charge in [-0.15, -0.1) is 10.2 Å². The monoisotopic (exact) mass is 397 g/mol. The van der Waals surface area contributed by atoms with Crippen LogP contribution in [-0.2, 0) is 13.1 Å². The second kappa shape index (κ2) is 7.56. The molecule has 0 saturated carbocycles. The van der Waals surface area contributed by atoms with E-state index in [1.807, 2.05) is 40.9 Å². The van der Waals surface area contributed by atoms with Gasteiger partial charge in [0.05, 0.1) is 5.69 Å². The fraction of sp³-hybridized carbons (Fsp3) is 0.100. The second-order valence-electron chi connectivity index (χ2n) is 6.13. The van der Waals surface area contributed by atoms with Gasteiger partial charge in [-0.1, -0.05) is 59.6 Å². The van der Waals surface area contributed by atoms with Crippen LogP contribution in [0.3, 0.4) is 0 Å². The highest BCUT2D eigenvalue weighted by molar-refractivity contribution is 6.36. The number of nitrogens with one attached hydrogen (secondary N) is 1. The normalized spacial score (nSPS) is 11.1. The maximum atomic E-state index is 6.46. The van der Waals surface area contributed by atoms with Gasteiger partial charge in [0, 0.05) is 46.0 Å². The van der Waals surface area contributed by atoms with E-state index in [1.165, 1.54) is 0 Å². The third-order valence-corrected chi connectivity index (χ3v) is 4.98. The summed E-state index contributed by atoms with van der Waals surface area (Å²) in [6, 6.07) is 15.6. The molecule has 0 fully saturated rings. The number of benzene rings is 2. The van der Waals surface area contributed by atoms with Crippen LogP contribution in [0.4, 0.5) is 5.69 Å². The topological polar surface area (TPSA) is 68.2 Å². The highest BCUT2D eigenvalue weighted by atomic mass is 35.5. The molecule has 0 unspecified atom stereocenters. The van der Waals surface area contributed by atoms with E-state index in [2.05, 4.69) is 27.6 Å². The van der Waals surface area contributed by atoms with E-state index in [4.69, 9.17) is 28.9 Å². The van der Waals surface area contributed by atoms with Gasteiger partial charge in [0.25, 0.3) is 0 Å². The summed E-state index contributed by atoms with van der Waals surface area (Å²) in [5.74, 6) is 0. The van der Waals surface area contributed by atoms with E-state index in [-0.39, 0.29) is 0 Å².